The summed E-state index contributed by atoms with van der Waals surface area (Å²) < 4.78 is 6.82. The van der Waals surface area contributed by atoms with Gasteiger partial charge in [-0.2, -0.15) is 4.98 Å². The third-order valence-electron chi connectivity index (χ3n) is 4.36. The second kappa shape index (κ2) is 8.34. The smallest absolute Gasteiger partial charge is 0.250 e. The summed E-state index contributed by atoms with van der Waals surface area (Å²) in [6.07, 6.45) is 0.217. The van der Waals surface area contributed by atoms with Crippen LogP contribution in [-0.2, 0) is 16.0 Å². The van der Waals surface area contributed by atoms with Crippen LogP contribution in [0.1, 0.15) is 12.5 Å². The van der Waals surface area contributed by atoms with Crippen molar-refractivity contribution in [1.29, 1.82) is 0 Å². The summed E-state index contributed by atoms with van der Waals surface area (Å²) in [6.45, 7) is 1.47. The number of carbonyl (C=O) groups excluding carboxylic acids is 2. The second-order valence-electron chi connectivity index (χ2n) is 6.58. The molecule has 0 unspecified atom stereocenters. The molecule has 2 aromatic heterocycles. The maximum absolute atomic E-state index is 12.4. The number of aromatic nitrogens is 3. The lowest BCUT2D eigenvalue weighted by molar-refractivity contribution is -0.116. The first-order valence-corrected chi connectivity index (χ1v) is 10.0. The predicted octanol–water partition coefficient (Wildman–Crippen LogP) is 3.61. The summed E-state index contributed by atoms with van der Waals surface area (Å²) in [7, 11) is 1.60. The fraction of sp³-hybridized carbons (Fsp3) is 0.143. The highest BCUT2D eigenvalue weighted by molar-refractivity contribution is 7.15. The van der Waals surface area contributed by atoms with Gasteiger partial charge in [-0.05, 0) is 29.8 Å². The molecule has 9 heteroatoms. The molecule has 152 valence electrons. The molecule has 0 atom stereocenters. The highest BCUT2D eigenvalue weighted by Crippen LogP contribution is 2.27. The van der Waals surface area contributed by atoms with Crippen molar-refractivity contribution in [3.05, 3.63) is 59.5 Å². The quantitative estimate of drug-likeness (QED) is 0.496. The van der Waals surface area contributed by atoms with E-state index in [1.807, 2.05) is 53.9 Å². The predicted molar refractivity (Wildman–Crippen MR) is 116 cm³/mol. The summed E-state index contributed by atoms with van der Waals surface area (Å²) in [5, 5.41) is 11.9. The maximum atomic E-state index is 12.4. The monoisotopic (exact) mass is 421 g/mol. The minimum absolute atomic E-state index is 0.119. The zero-order valence-electron chi connectivity index (χ0n) is 16.4. The second-order valence-corrected chi connectivity index (χ2v) is 7.42. The molecule has 0 saturated heterocycles. The van der Waals surface area contributed by atoms with Crippen molar-refractivity contribution in [3.8, 4) is 17.0 Å². The largest absolute Gasteiger partial charge is 0.497 e. The van der Waals surface area contributed by atoms with Crippen LogP contribution >= 0.6 is 11.3 Å². The van der Waals surface area contributed by atoms with E-state index in [0.717, 1.165) is 28.3 Å². The molecule has 2 amide bonds. The van der Waals surface area contributed by atoms with Crippen LogP contribution < -0.4 is 15.4 Å². The molecular weight excluding hydrogens is 402 g/mol. The Labute approximate surface area is 176 Å². The molecule has 0 aliphatic carbocycles. The van der Waals surface area contributed by atoms with Gasteiger partial charge < -0.3 is 10.1 Å². The Kier molecular flexibility index (Phi) is 5.44. The van der Waals surface area contributed by atoms with E-state index in [0.29, 0.717) is 4.96 Å². The average molecular weight is 421 g/mol. The van der Waals surface area contributed by atoms with Crippen LogP contribution in [0, 0.1) is 0 Å². The number of nitrogens with zero attached hydrogens (tertiary/aromatic N) is 3. The molecule has 0 aliphatic heterocycles. The van der Waals surface area contributed by atoms with E-state index in [4.69, 9.17) is 4.74 Å². The van der Waals surface area contributed by atoms with Crippen molar-refractivity contribution in [2.45, 2.75) is 13.3 Å². The number of hydrogen-bond acceptors (Lipinski definition) is 6. The van der Waals surface area contributed by atoms with Crippen LogP contribution in [0.25, 0.3) is 16.2 Å². The number of amides is 2. The van der Waals surface area contributed by atoms with Gasteiger partial charge in [0.2, 0.25) is 22.7 Å². The molecule has 0 fully saturated rings. The standard InChI is InChI=1S/C21H19N5O3S/c1-13(27)22-16-7-5-15(6-8-16)18-12-30-21-24-20(25-26(18)21)23-19(28)11-14-3-9-17(29-2)10-4-14/h3-10,12H,11H2,1-2H3,(H,22,27)(H,23,25,28). The molecule has 2 N–H and O–H groups in total. The van der Waals surface area contributed by atoms with Gasteiger partial charge in [-0.3, -0.25) is 14.9 Å². The molecule has 2 heterocycles. The van der Waals surface area contributed by atoms with Gasteiger partial charge in [-0.15, -0.1) is 16.4 Å². The van der Waals surface area contributed by atoms with Gasteiger partial charge in [0.25, 0.3) is 0 Å². The van der Waals surface area contributed by atoms with Crippen molar-refractivity contribution >= 4 is 39.7 Å². The number of thiazole rings is 1. The van der Waals surface area contributed by atoms with Crippen molar-refractivity contribution < 1.29 is 14.3 Å². The Hall–Kier alpha value is -3.72. The number of carbonyl (C=O) groups is 2. The molecule has 0 aliphatic rings. The fourth-order valence-corrected chi connectivity index (χ4v) is 3.79. The zero-order chi connectivity index (χ0) is 21.1. The first-order valence-electron chi connectivity index (χ1n) is 9.17. The molecule has 0 spiro atoms. The summed E-state index contributed by atoms with van der Waals surface area (Å²) in [6, 6.07) is 14.8. The lowest BCUT2D eigenvalue weighted by Crippen LogP contribution is -2.15. The van der Waals surface area contributed by atoms with E-state index in [9.17, 15) is 9.59 Å². The van der Waals surface area contributed by atoms with E-state index in [-0.39, 0.29) is 24.2 Å². The molecule has 0 saturated carbocycles. The topological polar surface area (TPSA) is 97.6 Å². The number of benzene rings is 2. The summed E-state index contributed by atoms with van der Waals surface area (Å²) >= 11 is 1.43. The minimum atomic E-state index is -0.195. The van der Waals surface area contributed by atoms with Gasteiger partial charge >= 0.3 is 0 Å². The van der Waals surface area contributed by atoms with E-state index in [1.165, 1.54) is 18.3 Å². The average Bonchev–Trinajstić information content (AvgIpc) is 3.29. The normalized spacial score (nSPS) is 10.7. The van der Waals surface area contributed by atoms with Crippen molar-refractivity contribution in [2.24, 2.45) is 0 Å². The van der Waals surface area contributed by atoms with E-state index < -0.39 is 0 Å². The zero-order valence-corrected chi connectivity index (χ0v) is 17.2. The molecule has 2 aromatic carbocycles. The molecule has 8 nitrogen and oxygen atoms in total. The maximum Gasteiger partial charge on any atom is 0.250 e. The lowest BCUT2D eigenvalue weighted by Gasteiger charge is -2.04. The van der Waals surface area contributed by atoms with Crippen LogP contribution in [0.5, 0.6) is 5.75 Å². The SMILES string of the molecule is COc1ccc(CC(=O)Nc2nc3scc(-c4ccc(NC(C)=O)cc4)n3n2)cc1. The third-order valence-corrected chi connectivity index (χ3v) is 5.17. The highest BCUT2D eigenvalue weighted by atomic mass is 32.1. The Morgan fingerprint density at radius 3 is 2.47 bits per heavy atom. The highest BCUT2D eigenvalue weighted by Gasteiger charge is 2.14. The number of fused-ring (bicyclic) bond motifs is 1. The number of anilines is 2. The van der Waals surface area contributed by atoms with Gasteiger partial charge in [-0.1, -0.05) is 24.3 Å². The molecule has 30 heavy (non-hydrogen) atoms. The van der Waals surface area contributed by atoms with Crippen LogP contribution in [0.3, 0.4) is 0 Å². The van der Waals surface area contributed by atoms with Crippen molar-refractivity contribution in [2.75, 3.05) is 17.7 Å². The van der Waals surface area contributed by atoms with Crippen LogP contribution in [0.15, 0.2) is 53.9 Å². The van der Waals surface area contributed by atoms with E-state index in [2.05, 4.69) is 20.7 Å². The fourth-order valence-electron chi connectivity index (χ4n) is 2.96. The van der Waals surface area contributed by atoms with E-state index >= 15 is 0 Å². The Morgan fingerprint density at radius 2 is 1.80 bits per heavy atom. The third kappa shape index (κ3) is 4.31. The minimum Gasteiger partial charge on any atom is -0.497 e. The van der Waals surface area contributed by atoms with Crippen LogP contribution in [0.4, 0.5) is 11.6 Å². The number of methoxy groups -OCH3 is 1. The van der Waals surface area contributed by atoms with Gasteiger partial charge in [0.1, 0.15) is 5.75 Å². The van der Waals surface area contributed by atoms with Gasteiger partial charge in [0.15, 0.2) is 0 Å². The van der Waals surface area contributed by atoms with Crippen LogP contribution in [0.2, 0.25) is 0 Å². The number of hydrogen-bond donors (Lipinski definition) is 2. The van der Waals surface area contributed by atoms with E-state index in [1.54, 1.807) is 11.6 Å². The Balaban J connectivity index is 1.48. The van der Waals surface area contributed by atoms with Gasteiger partial charge in [-0.25, -0.2) is 4.52 Å². The number of nitrogens with one attached hydrogen (secondary N) is 2. The van der Waals surface area contributed by atoms with Gasteiger partial charge in [0.05, 0.1) is 19.2 Å². The lowest BCUT2D eigenvalue weighted by atomic mass is 10.1. The van der Waals surface area contributed by atoms with Gasteiger partial charge in [0, 0.05) is 23.6 Å². The van der Waals surface area contributed by atoms with Crippen LogP contribution in [-0.4, -0.2) is 33.5 Å². The number of rotatable bonds is 6. The summed E-state index contributed by atoms with van der Waals surface area (Å²) in [5.74, 6) is 0.691. The van der Waals surface area contributed by atoms with Crippen molar-refractivity contribution in [1.82, 2.24) is 14.6 Å². The first-order chi connectivity index (χ1) is 14.5. The molecule has 0 bridgehead atoms. The molecular formula is C21H19N5O3S. The molecule has 4 aromatic rings. The Bertz CT molecular complexity index is 1200. The van der Waals surface area contributed by atoms with Crippen molar-refractivity contribution in [3.63, 3.8) is 0 Å². The first kappa shape index (κ1) is 19.6. The number of ether oxygens (including phenoxy) is 1. The Morgan fingerprint density at radius 1 is 1.07 bits per heavy atom. The molecule has 4 rings (SSSR count). The summed E-state index contributed by atoms with van der Waals surface area (Å²) in [5.41, 5.74) is 3.38. The molecule has 0 radical (unpaired) electrons. The summed E-state index contributed by atoms with van der Waals surface area (Å²) in [4.78, 5) is 28.6.